The summed E-state index contributed by atoms with van der Waals surface area (Å²) in [6.07, 6.45) is 23.1. The highest BCUT2D eigenvalue weighted by molar-refractivity contribution is 7.99. The smallest absolute Gasteiger partial charge is 0.00675 e. The van der Waals surface area contributed by atoms with E-state index in [1.807, 2.05) is 0 Å². The molecule has 0 aliphatic heterocycles. The van der Waals surface area contributed by atoms with E-state index in [0.29, 0.717) is 0 Å². The van der Waals surface area contributed by atoms with Crippen molar-refractivity contribution in [1.29, 1.82) is 0 Å². The Labute approximate surface area is 163 Å². The Morgan fingerprint density at radius 1 is 0.333 bits per heavy atom. The van der Waals surface area contributed by atoms with Crippen LogP contribution < -0.4 is 0 Å². The average molecular weight is 375 g/mol. The quantitative estimate of drug-likeness (QED) is 0.184. The Bertz CT molecular complexity index is 184. The summed E-state index contributed by atoms with van der Waals surface area (Å²) in [6.45, 7) is 4.59. The molecular formula is C22H46S2. The molecule has 0 aromatic carbocycles. The van der Waals surface area contributed by atoms with Gasteiger partial charge in [0, 0.05) is 0 Å². The number of hydrogen-bond acceptors (Lipinski definition) is 2. The van der Waals surface area contributed by atoms with Crippen molar-refractivity contribution < 1.29 is 0 Å². The first kappa shape index (κ1) is 24.7. The summed E-state index contributed by atoms with van der Waals surface area (Å²) >= 11 is 4.39. The molecular weight excluding hydrogens is 328 g/mol. The fraction of sp³-hybridized carbons (Fsp3) is 1.00. The second-order valence-corrected chi connectivity index (χ2v) is 9.62. The summed E-state index contributed by atoms with van der Waals surface area (Å²) in [6, 6.07) is 0. The molecule has 0 heterocycles. The first-order chi connectivity index (χ1) is 11.9. The van der Waals surface area contributed by atoms with Crippen LogP contribution in [0.5, 0.6) is 0 Å². The van der Waals surface area contributed by atoms with Gasteiger partial charge in [0.05, 0.1) is 0 Å². The SMILES string of the molecule is CCCCCCCCSCCCCCCSCCCCCCCC. The van der Waals surface area contributed by atoms with Gasteiger partial charge < -0.3 is 0 Å². The summed E-state index contributed by atoms with van der Waals surface area (Å²) in [4.78, 5) is 0. The van der Waals surface area contributed by atoms with Gasteiger partial charge in [0.1, 0.15) is 0 Å². The third kappa shape index (κ3) is 22.7. The molecule has 0 aliphatic carbocycles. The zero-order valence-electron chi connectivity index (χ0n) is 17.0. The van der Waals surface area contributed by atoms with Gasteiger partial charge in [-0.3, -0.25) is 0 Å². The summed E-state index contributed by atoms with van der Waals surface area (Å²) < 4.78 is 0. The van der Waals surface area contributed by atoms with E-state index in [1.165, 1.54) is 126 Å². The lowest BCUT2D eigenvalue weighted by Crippen LogP contribution is -1.88. The lowest BCUT2D eigenvalue weighted by molar-refractivity contribution is 0.626. The highest BCUT2D eigenvalue weighted by atomic mass is 32.2. The minimum atomic E-state index is 1.37. The van der Waals surface area contributed by atoms with Crippen LogP contribution in [0.3, 0.4) is 0 Å². The first-order valence-corrected chi connectivity index (χ1v) is 13.4. The number of thioether (sulfide) groups is 2. The normalized spacial score (nSPS) is 11.2. The minimum absolute atomic E-state index is 1.37. The molecule has 2 heteroatoms. The van der Waals surface area contributed by atoms with Crippen LogP contribution in [-0.2, 0) is 0 Å². The first-order valence-electron chi connectivity index (χ1n) is 11.1. The molecule has 0 aromatic heterocycles. The Morgan fingerprint density at radius 3 is 0.875 bits per heavy atom. The van der Waals surface area contributed by atoms with Crippen LogP contribution in [0, 0.1) is 0 Å². The molecule has 0 bridgehead atoms. The van der Waals surface area contributed by atoms with Gasteiger partial charge in [0.15, 0.2) is 0 Å². The number of unbranched alkanes of at least 4 members (excludes halogenated alkanes) is 13. The molecule has 0 fully saturated rings. The number of hydrogen-bond donors (Lipinski definition) is 0. The second kappa shape index (κ2) is 23.7. The van der Waals surface area contributed by atoms with E-state index in [0.717, 1.165) is 0 Å². The van der Waals surface area contributed by atoms with Crippen LogP contribution >= 0.6 is 23.5 Å². The maximum atomic E-state index is 2.30. The monoisotopic (exact) mass is 374 g/mol. The van der Waals surface area contributed by atoms with Gasteiger partial charge in [0.25, 0.3) is 0 Å². The summed E-state index contributed by atoms with van der Waals surface area (Å²) in [5, 5.41) is 0. The van der Waals surface area contributed by atoms with Crippen molar-refractivity contribution in [3.8, 4) is 0 Å². The van der Waals surface area contributed by atoms with Crippen molar-refractivity contribution in [3.05, 3.63) is 0 Å². The molecule has 0 spiro atoms. The van der Waals surface area contributed by atoms with Gasteiger partial charge in [-0.2, -0.15) is 23.5 Å². The fourth-order valence-corrected chi connectivity index (χ4v) is 4.98. The van der Waals surface area contributed by atoms with Crippen molar-refractivity contribution in [2.24, 2.45) is 0 Å². The van der Waals surface area contributed by atoms with Crippen molar-refractivity contribution in [1.82, 2.24) is 0 Å². The molecule has 0 N–H and O–H groups in total. The molecule has 146 valence electrons. The third-order valence-corrected chi connectivity index (χ3v) is 6.92. The molecule has 24 heavy (non-hydrogen) atoms. The van der Waals surface area contributed by atoms with Crippen LogP contribution in [0.2, 0.25) is 0 Å². The maximum Gasteiger partial charge on any atom is -0.00675 e. The minimum Gasteiger partial charge on any atom is -0.162 e. The van der Waals surface area contributed by atoms with E-state index < -0.39 is 0 Å². The number of rotatable bonds is 21. The second-order valence-electron chi connectivity index (χ2n) is 7.17. The topological polar surface area (TPSA) is 0 Å². The van der Waals surface area contributed by atoms with Crippen molar-refractivity contribution in [2.45, 2.75) is 117 Å². The van der Waals surface area contributed by atoms with E-state index in [-0.39, 0.29) is 0 Å². The van der Waals surface area contributed by atoms with Gasteiger partial charge in [-0.1, -0.05) is 90.9 Å². The van der Waals surface area contributed by atoms with Crippen molar-refractivity contribution >= 4 is 23.5 Å². The van der Waals surface area contributed by atoms with Crippen LogP contribution in [-0.4, -0.2) is 23.0 Å². The molecule has 0 aromatic rings. The van der Waals surface area contributed by atoms with Crippen LogP contribution in [0.4, 0.5) is 0 Å². The summed E-state index contributed by atoms with van der Waals surface area (Å²) in [5.74, 6) is 5.61. The Balaban J connectivity index is 2.93. The molecule has 0 atom stereocenters. The Hall–Kier alpha value is 0.700. The molecule has 0 saturated carbocycles. The van der Waals surface area contributed by atoms with Crippen LogP contribution in [0.25, 0.3) is 0 Å². The third-order valence-electron chi connectivity index (χ3n) is 4.61. The lowest BCUT2D eigenvalue weighted by Gasteiger charge is -2.04. The zero-order valence-corrected chi connectivity index (χ0v) is 18.6. The zero-order chi connectivity index (χ0) is 17.6. The van der Waals surface area contributed by atoms with Crippen molar-refractivity contribution in [3.63, 3.8) is 0 Å². The molecule has 0 amide bonds. The predicted octanol–water partition coefficient (Wildman–Crippen LogP) is 8.73. The molecule has 0 saturated heterocycles. The van der Waals surface area contributed by atoms with E-state index in [9.17, 15) is 0 Å². The van der Waals surface area contributed by atoms with Gasteiger partial charge in [-0.25, -0.2) is 0 Å². The standard InChI is InChI=1S/C22H46S2/c1-3-5-7-9-11-15-19-23-21-17-13-14-18-22-24-20-16-12-10-8-6-4-2/h3-22H2,1-2H3. The average Bonchev–Trinajstić information content (AvgIpc) is 2.60. The molecule has 0 unspecified atom stereocenters. The van der Waals surface area contributed by atoms with Gasteiger partial charge in [-0.15, -0.1) is 0 Å². The molecule has 0 nitrogen and oxygen atoms in total. The predicted molar refractivity (Wildman–Crippen MR) is 120 cm³/mol. The molecule has 0 aliphatic rings. The van der Waals surface area contributed by atoms with E-state index >= 15 is 0 Å². The van der Waals surface area contributed by atoms with E-state index in [4.69, 9.17) is 0 Å². The Morgan fingerprint density at radius 2 is 0.583 bits per heavy atom. The van der Waals surface area contributed by atoms with Crippen LogP contribution in [0.15, 0.2) is 0 Å². The van der Waals surface area contributed by atoms with Gasteiger partial charge >= 0.3 is 0 Å². The molecule has 0 rings (SSSR count). The molecule has 0 radical (unpaired) electrons. The van der Waals surface area contributed by atoms with E-state index in [2.05, 4.69) is 37.4 Å². The fourth-order valence-electron chi connectivity index (χ4n) is 2.93. The summed E-state index contributed by atoms with van der Waals surface area (Å²) in [7, 11) is 0. The highest BCUT2D eigenvalue weighted by Gasteiger charge is 1.95. The lowest BCUT2D eigenvalue weighted by atomic mass is 10.1. The van der Waals surface area contributed by atoms with Gasteiger partial charge in [-0.05, 0) is 48.7 Å². The highest BCUT2D eigenvalue weighted by Crippen LogP contribution is 2.14. The maximum absolute atomic E-state index is 2.30. The van der Waals surface area contributed by atoms with Crippen LogP contribution in [0.1, 0.15) is 117 Å². The summed E-state index contributed by atoms with van der Waals surface area (Å²) in [5.41, 5.74) is 0. The van der Waals surface area contributed by atoms with E-state index in [1.54, 1.807) is 0 Å². The largest absolute Gasteiger partial charge is 0.162 e. The van der Waals surface area contributed by atoms with Crippen molar-refractivity contribution in [2.75, 3.05) is 23.0 Å². The van der Waals surface area contributed by atoms with Gasteiger partial charge in [0.2, 0.25) is 0 Å². The Kier molecular flexibility index (Phi) is 24.4.